The van der Waals surface area contributed by atoms with Gasteiger partial charge in [0.2, 0.25) is 5.91 Å². The Kier molecular flexibility index (Phi) is 8.40. The van der Waals surface area contributed by atoms with Gasteiger partial charge in [0, 0.05) is 57.9 Å². The van der Waals surface area contributed by atoms with Crippen molar-refractivity contribution in [3.63, 3.8) is 0 Å². The van der Waals surface area contributed by atoms with Gasteiger partial charge in [-0.2, -0.15) is 0 Å². The summed E-state index contributed by atoms with van der Waals surface area (Å²) in [5, 5.41) is 0. The van der Waals surface area contributed by atoms with Crippen LogP contribution in [0.2, 0.25) is 0 Å². The van der Waals surface area contributed by atoms with Crippen LogP contribution < -0.4 is 0 Å². The molecule has 172 valence electrons. The van der Waals surface area contributed by atoms with Gasteiger partial charge >= 0.3 is 0 Å². The maximum atomic E-state index is 12.6. The summed E-state index contributed by atoms with van der Waals surface area (Å²) in [6, 6.07) is 12.1. The van der Waals surface area contributed by atoms with Crippen molar-refractivity contribution in [2.45, 2.75) is 64.0 Å². The van der Waals surface area contributed by atoms with Crippen molar-refractivity contribution < 1.29 is 9.53 Å². The van der Waals surface area contributed by atoms with E-state index in [9.17, 15) is 4.79 Å². The molecule has 0 aliphatic carbocycles. The fourth-order valence-corrected chi connectivity index (χ4v) is 5.92. The Hall–Kier alpha value is -1.43. The van der Waals surface area contributed by atoms with Crippen LogP contribution in [-0.2, 0) is 16.0 Å². The van der Waals surface area contributed by atoms with E-state index in [-0.39, 0.29) is 0 Å². The van der Waals surface area contributed by atoms with Crippen molar-refractivity contribution in [3.8, 4) is 0 Å². The van der Waals surface area contributed by atoms with Crippen molar-refractivity contribution in [2.24, 2.45) is 5.92 Å². The lowest BCUT2D eigenvalue weighted by Gasteiger charge is -2.50. The minimum atomic E-state index is 0.373. The van der Waals surface area contributed by atoms with Crippen LogP contribution in [-0.4, -0.2) is 85.2 Å². The Balaban J connectivity index is 1.21. The number of benzene rings is 1. The number of fused-ring (bicyclic) bond motifs is 1. The summed E-state index contributed by atoms with van der Waals surface area (Å²) in [5.74, 6) is 1.03. The van der Waals surface area contributed by atoms with E-state index in [0.717, 1.165) is 64.4 Å². The molecule has 3 fully saturated rings. The van der Waals surface area contributed by atoms with Gasteiger partial charge in [0.15, 0.2) is 0 Å². The van der Waals surface area contributed by atoms with E-state index in [0.29, 0.717) is 17.9 Å². The molecule has 1 amide bonds. The van der Waals surface area contributed by atoms with Crippen LogP contribution in [0.4, 0.5) is 0 Å². The molecule has 0 saturated carbocycles. The molecule has 31 heavy (non-hydrogen) atoms. The summed E-state index contributed by atoms with van der Waals surface area (Å²) < 4.78 is 5.49. The molecular formula is C26H41N3O2. The lowest BCUT2D eigenvalue weighted by molar-refractivity contribution is -0.142. The van der Waals surface area contributed by atoms with Gasteiger partial charge in [-0.25, -0.2) is 0 Å². The van der Waals surface area contributed by atoms with Gasteiger partial charge in [0.05, 0.1) is 0 Å². The molecule has 0 unspecified atom stereocenters. The highest BCUT2D eigenvalue weighted by molar-refractivity contribution is 5.77. The van der Waals surface area contributed by atoms with Crippen LogP contribution >= 0.6 is 0 Å². The quantitative estimate of drug-likeness (QED) is 0.566. The molecule has 5 heteroatoms. The zero-order valence-corrected chi connectivity index (χ0v) is 19.4. The molecule has 3 aliphatic rings. The van der Waals surface area contributed by atoms with Gasteiger partial charge < -0.3 is 14.5 Å². The number of amides is 1. The predicted octanol–water partition coefficient (Wildman–Crippen LogP) is 3.43. The second-order valence-corrected chi connectivity index (χ2v) is 9.60. The van der Waals surface area contributed by atoms with Gasteiger partial charge in [-0.15, -0.1) is 0 Å². The third-order valence-electron chi connectivity index (χ3n) is 7.70. The highest BCUT2D eigenvalue weighted by atomic mass is 16.5. The Morgan fingerprint density at radius 3 is 2.58 bits per heavy atom. The summed E-state index contributed by atoms with van der Waals surface area (Å²) >= 11 is 0. The molecule has 5 nitrogen and oxygen atoms in total. The first-order valence-electron chi connectivity index (χ1n) is 12.6. The van der Waals surface area contributed by atoms with E-state index in [2.05, 4.69) is 45.0 Å². The Morgan fingerprint density at radius 1 is 1.00 bits per heavy atom. The standard InChI is InChI=1S/C26H41N3O2/c1-2-31-20-6-15-29-25-14-19-28(21-23(25)9-10-26(29)30)24-12-17-27(18-13-24)16-11-22-7-4-3-5-8-22/h3-5,7-8,23-25H,2,6,9-21H2,1H3/t23-,25+/m1/s1. The summed E-state index contributed by atoms with van der Waals surface area (Å²) in [6.45, 7) is 10.4. The Morgan fingerprint density at radius 2 is 1.81 bits per heavy atom. The number of rotatable bonds is 9. The third kappa shape index (κ3) is 6.09. The van der Waals surface area contributed by atoms with Crippen LogP contribution in [0.1, 0.15) is 51.0 Å². The lowest BCUT2D eigenvalue weighted by Crippen LogP contribution is -2.58. The molecule has 3 aliphatic heterocycles. The fourth-order valence-electron chi connectivity index (χ4n) is 5.92. The number of likely N-dealkylation sites (tertiary alicyclic amines) is 3. The van der Waals surface area contributed by atoms with Crippen molar-refractivity contribution in [3.05, 3.63) is 35.9 Å². The lowest BCUT2D eigenvalue weighted by atomic mass is 9.82. The van der Waals surface area contributed by atoms with Crippen LogP contribution in [0.3, 0.4) is 0 Å². The highest BCUT2D eigenvalue weighted by Crippen LogP contribution is 2.33. The molecule has 4 rings (SSSR count). The maximum Gasteiger partial charge on any atom is 0.222 e. The monoisotopic (exact) mass is 427 g/mol. The molecule has 2 atom stereocenters. The first-order chi connectivity index (χ1) is 15.2. The number of piperidine rings is 3. The molecule has 0 bridgehead atoms. The van der Waals surface area contributed by atoms with E-state index in [4.69, 9.17) is 4.74 Å². The van der Waals surface area contributed by atoms with E-state index >= 15 is 0 Å². The highest BCUT2D eigenvalue weighted by Gasteiger charge is 2.40. The second-order valence-electron chi connectivity index (χ2n) is 9.60. The van der Waals surface area contributed by atoms with E-state index in [1.54, 1.807) is 0 Å². The smallest absolute Gasteiger partial charge is 0.222 e. The average Bonchev–Trinajstić information content (AvgIpc) is 2.82. The van der Waals surface area contributed by atoms with E-state index in [1.165, 1.54) is 44.6 Å². The van der Waals surface area contributed by atoms with Crippen molar-refractivity contribution in [2.75, 3.05) is 52.5 Å². The Labute approximate surface area is 188 Å². The molecule has 0 aromatic heterocycles. The van der Waals surface area contributed by atoms with Crippen molar-refractivity contribution >= 4 is 5.91 Å². The summed E-state index contributed by atoms with van der Waals surface area (Å²) in [6.07, 6.45) is 7.69. The molecule has 0 radical (unpaired) electrons. The molecule has 0 N–H and O–H groups in total. The molecule has 3 heterocycles. The molecular weight excluding hydrogens is 386 g/mol. The van der Waals surface area contributed by atoms with Crippen LogP contribution in [0.15, 0.2) is 30.3 Å². The summed E-state index contributed by atoms with van der Waals surface area (Å²) in [5.41, 5.74) is 1.45. The summed E-state index contributed by atoms with van der Waals surface area (Å²) in [4.78, 5) is 20.2. The topological polar surface area (TPSA) is 36.0 Å². The number of carbonyl (C=O) groups is 1. The van der Waals surface area contributed by atoms with E-state index in [1.807, 2.05) is 6.92 Å². The first kappa shape index (κ1) is 22.8. The van der Waals surface area contributed by atoms with Crippen molar-refractivity contribution in [1.82, 2.24) is 14.7 Å². The van der Waals surface area contributed by atoms with Crippen LogP contribution in [0.5, 0.6) is 0 Å². The second kappa shape index (κ2) is 11.4. The average molecular weight is 428 g/mol. The SMILES string of the molecule is CCOCCCN1C(=O)CC[C@@H]2CN(C3CCN(CCc4ccccc4)CC3)CC[C@@H]21. The number of hydrogen-bond acceptors (Lipinski definition) is 4. The first-order valence-corrected chi connectivity index (χ1v) is 12.6. The predicted molar refractivity (Wildman–Crippen MR) is 125 cm³/mol. The van der Waals surface area contributed by atoms with Gasteiger partial charge in [-0.1, -0.05) is 30.3 Å². The van der Waals surface area contributed by atoms with Gasteiger partial charge in [-0.3, -0.25) is 9.69 Å². The molecule has 1 aromatic rings. The number of hydrogen-bond donors (Lipinski definition) is 0. The fraction of sp³-hybridized carbons (Fsp3) is 0.731. The van der Waals surface area contributed by atoms with Gasteiger partial charge in [-0.05, 0) is 70.0 Å². The maximum absolute atomic E-state index is 12.6. The number of nitrogens with zero attached hydrogens (tertiary/aromatic N) is 3. The van der Waals surface area contributed by atoms with Crippen LogP contribution in [0, 0.1) is 5.92 Å². The van der Waals surface area contributed by atoms with Crippen LogP contribution in [0.25, 0.3) is 0 Å². The van der Waals surface area contributed by atoms with Gasteiger partial charge in [0.1, 0.15) is 0 Å². The normalized spacial score (nSPS) is 26.2. The number of carbonyl (C=O) groups excluding carboxylic acids is 1. The zero-order chi connectivity index (χ0) is 21.5. The minimum absolute atomic E-state index is 0.373. The zero-order valence-electron chi connectivity index (χ0n) is 19.4. The Bertz CT molecular complexity index is 674. The third-order valence-corrected chi connectivity index (χ3v) is 7.70. The molecule has 0 spiro atoms. The largest absolute Gasteiger partial charge is 0.382 e. The minimum Gasteiger partial charge on any atom is -0.382 e. The molecule has 3 saturated heterocycles. The van der Waals surface area contributed by atoms with Crippen molar-refractivity contribution in [1.29, 1.82) is 0 Å². The molecule has 1 aromatic carbocycles. The van der Waals surface area contributed by atoms with E-state index < -0.39 is 0 Å². The summed E-state index contributed by atoms with van der Waals surface area (Å²) in [7, 11) is 0. The van der Waals surface area contributed by atoms with Gasteiger partial charge in [0.25, 0.3) is 0 Å². The number of ether oxygens (including phenoxy) is 1.